The van der Waals surface area contributed by atoms with Gasteiger partial charge in [0.2, 0.25) is 0 Å². The van der Waals surface area contributed by atoms with Gasteiger partial charge in [-0.2, -0.15) is 0 Å². The molecule has 0 amide bonds. The summed E-state index contributed by atoms with van der Waals surface area (Å²) in [6.07, 6.45) is 5.11. The molecule has 1 saturated carbocycles. The molecule has 0 aromatic heterocycles. The van der Waals surface area contributed by atoms with Crippen LogP contribution in [0, 0.1) is 13.8 Å². The minimum atomic E-state index is 0.375. The summed E-state index contributed by atoms with van der Waals surface area (Å²) in [5, 5.41) is 0. The summed E-state index contributed by atoms with van der Waals surface area (Å²) in [7, 11) is 0. The van der Waals surface area contributed by atoms with Crippen LogP contribution in [0.15, 0.2) is 18.2 Å². The molecule has 82 valence electrons. The molecule has 1 fully saturated rings. The first-order valence-electron chi connectivity index (χ1n) is 6.00. The van der Waals surface area contributed by atoms with E-state index in [0.29, 0.717) is 12.0 Å². The van der Waals surface area contributed by atoms with Gasteiger partial charge in [-0.05, 0) is 38.2 Å². The second kappa shape index (κ2) is 4.36. The quantitative estimate of drug-likeness (QED) is 0.744. The van der Waals surface area contributed by atoms with Gasteiger partial charge in [0.25, 0.3) is 0 Å². The molecule has 0 aliphatic heterocycles. The van der Waals surface area contributed by atoms with Crippen molar-refractivity contribution in [3.63, 3.8) is 0 Å². The minimum Gasteiger partial charge on any atom is -0.327 e. The van der Waals surface area contributed by atoms with Crippen molar-refractivity contribution in [3.8, 4) is 0 Å². The van der Waals surface area contributed by atoms with Crippen molar-refractivity contribution in [1.82, 2.24) is 0 Å². The summed E-state index contributed by atoms with van der Waals surface area (Å²) < 4.78 is 0. The van der Waals surface area contributed by atoms with E-state index in [9.17, 15) is 0 Å². The zero-order chi connectivity index (χ0) is 10.8. The molecule has 15 heavy (non-hydrogen) atoms. The van der Waals surface area contributed by atoms with Gasteiger partial charge in [0.1, 0.15) is 0 Å². The molecule has 2 atom stereocenters. The highest BCUT2D eigenvalue weighted by Gasteiger charge is 2.23. The fourth-order valence-electron chi connectivity index (χ4n) is 2.80. The zero-order valence-corrected chi connectivity index (χ0v) is 9.79. The van der Waals surface area contributed by atoms with Crippen LogP contribution in [0.2, 0.25) is 0 Å². The van der Waals surface area contributed by atoms with Gasteiger partial charge in [-0.1, -0.05) is 42.2 Å². The van der Waals surface area contributed by atoms with Crippen LogP contribution < -0.4 is 5.73 Å². The van der Waals surface area contributed by atoms with Crippen molar-refractivity contribution in [3.05, 3.63) is 34.9 Å². The molecule has 0 spiro atoms. The molecule has 2 N–H and O–H groups in total. The van der Waals surface area contributed by atoms with Crippen LogP contribution in [0.1, 0.15) is 48.3 Å². The van der Waals surface area contributed by atoms with Gasteiger partial charge in [0.15, 0.2) is 0 Å². The van der Waals surface area contributed by atoms with Crippen LogP contribution in [0.3, 0.4) is 0 Å². The normalized spacial score (nSPS) is 26.6. The Hall–Kier alpha value is -0.820. The van der Waals surface area contributed by atoms with Gasteiger partial charge in [-0.3, -0.25) is 0 Å². The smallest absolute Gasteiger partial charge is 0.0108 e. The van der Waals surface area contributed by atoms with E-state index in [1.807, 2.05) is 0 Å². The maximum Gasteiger partial charge on any atom is 0.0108 e. The summed E-state index contributed by atoms with van der Waals surface area (Å²) in [5.74, 6) is 0.595. The Kier molecular flexibility index (Phi) is 3.11. The molecule has 0 heterocycles. The van der Waals surface area contributed by atoms with Crippen molar-refractivity contribution in [2.75, 3.05) is 0 Å². The second-order valence-corrected chi connectivity index (χ2v) is 4.98. The van der Waals surface area contributed by atoms with Crippen molar-refractivity contribution in [2.45, 2.75) is 51.5 Å². The van der Waals surface area contributed by atoms with Crippen LogP contribution >= 0.6 is 0 Å². The van der Waals surface area contributed by atoms with Crippen LogP contribution in [0.25, 0.3) is 0 Å². The molecule has 0 saturated heterocycles. The molecule has 0 radical (unpaired) electrons. The Morgan fingerprint density at radius 2 is 1.60 bits per heavy atom. The third kappa shape index (κ3) is 2.40. The van der Waals surface area contributed by atoms with Crippen molar-refractivity contribution < 1.29 is 0 Å². The summed E-state index contributed by atoms with van der Waals surface area (Å²) in [6.45, 7) is 4.34. The molecular formula is C14H21N. The van der Waals surface area contributed by atoms with Crippen molar-refractivity contribution in [2.24, 2.45) is 5.73 Å². The molecule has 1 nitrogen and oxygen atoms in total. The monoisotopic (exact) mass is 203 g/mol. The molecule has 1 aliphatic carbocycles. The van der Waals surface area contributed by atoms with Crippen molar-refractivity contribution in [1.29, 1.82) is 0 Å². The Morgan fingerprint density at radius 1 is 1.00 bits per heavy atom. The fraction of sp³-hybridized carbons (Fsp3) is 0.571. The van der Waals surface area contributed by atoms with E-state index < -0.39 is 0 Å². The largest absolute Gasteiger partial charge is 0.327 e. The van der Waals surface area contributed by atoms with Gasteiger partial charge in [-0.15, -0.1) is 0 Å². The topological polar surface area (TPSA) is 26.0 Å². The lowest BCUT2D eigenvalue weighted by molar-refractivity contribution is 0.385. The van der Waals surface area contributed by atoms with E-state index in [1.54, 1.807) is 0 Å². The maximum absolute atomic E-state index is 6.21. The van der Waals surface area contributed by atoms with E-state index in [1.165, 1.54) is 42.4 Å². The number of aryl methyl sites for hydroxylation is 2. The zero-order valence-electron chi connectivity index (χ0n) is 9.79. The highest BCUT2D eigenvalue weighted by atomic mass is 14.7. The Morgan fingerprint density at radius 3 is 2.20 bits per heavy atom. The molecular weight excluding hydrogens is 182 g/mol. The summed E-state index contributed by atoms with van der Waals surface area (Å²) >= 11 is 0. The summed E-state index contributed by atoms with van der Waals surface area (Å²) in [5.41, 5.74) is 10.4. The lowest BCUT2D eigenvalue weighted by Crippen LogP contribution is -2.31. The Bertz CT molecular complexity index is 323. The summed E-state index contributed by atoms with van der Waals surface area (Å²) in [6, 6.07) is 7.23. The highest BCUT2D eigenvalue weighted by molar-refractivity contribution is 5.32. The molecule has 1 aromatic rings. The number of hydrogen-bond acceptors (Lipinski definition) is 1. The first-order valence-corrected chi connectivity index (χ1v) is 6.00. The predicted molar refractivity (Wildman–Crippen MR) is 65.1 cm³/mol. The lowest BCUT2D eigenvalue weighted by atomic mass is 9.80. The number of hydrogen-bond donors (Lipinski definition) is 1. The SMILES string of the molecule is Cc1cc(C)cc(C2CCCCC2N)c1. The third-order valence-corrected chi connectivity index (χ3v) is 3.49. The van der Waals surface area contributed by atoms with E-state index in [0.717, 1.165) is 0 Å². The van der Waals surface area contributed by atoms with Gasteiger partial charge < -0.3 is 5.73 Å². The van der Waals surface area contributed by atoms with Crippen molar-refractivity contribution >= 4 is 0 Å². The predicted octanol–water partition coefficient (Wildman–Crippen LogP) is 3.29. The standard InChI is InChI=1S/C14H21N/c1-10-7-11(2)9-12(8-10)13-5-3-4-6-14(13)15/h7-9,13-14H,3-6,15H2,1-2H3. The van der Waals surface area contributed by atoms with Crippen LogP contribution in [-0.4, -0.2) is 6.04 Å². The number of nitrogens with two attached hydrogens (primary N) is 1. The molecule has 0 bridgehead atoms. The highest BCUT2D eigenvalue weighted by Crippen LogP contribution is 2.32. The fourth-order valence-corrected chi connectivity index (χ4v) is 2.80. The lowest BCUT2D eigenvalue weighted by Gasteiger charge is -2.29. The van der Waals surface area contributed by atoms with Gasteiger partial charge in [0, 0.05) is 6.04 Å². The molecule has 2 unspecified atom stereocenters. The molecule has 1 aliphatic rings. The van der Waals surface area contributed by atoms with Gasteiger partial charge >= 0.3 is 0 Å². The van der Waals surface area contributed by atoms with Crippen LogP contribution in [0.5, 0.6) is 0 Å². The number of benzene rings is 1. The maximum atomic E-state index is 6.21. The molecule has 1 heteroatoms. The summed E-state index contributed by atoms with van der Waals surface area (Å²) in [4.78, 5) is 0. The first kappa shape index (κ1) is 10.7. The van der Waals surface area contributed by atoms with Gasteiger partial charge in [-0.25, -0.2) is 0 Å². The van der Waals surface area contributed by atoms with E-state index in [2.05, 4.69) is 32.0 Å². The second-order valence-electron chi connectivity index (χ2n) is 4.98. The molecule has 1 aromatic carbocycles. The van der Waals surface area contributed by atoms with Crippen LogP contribution in [0.4, 0.5) is 0 Å². The van der Waals surface area contributed by atoms with E-state index in [4.69, 9.17) is 5.73 Å². The number of rotatable bonds is 1. The average molecular weight is 203 g/mol. The first-order chi connectivity index (χ1) is 7.16. The van der Waals surface area contributed by atoms with Crippen LogP contribution in [-0.2, 0) is 0 Å². The van der Waals surface area contributed by atoms with Gasteiger partial charge in [0.05, 0.1) is 0 Å². The minimum absolute atomic E-state index is 0.375. The average Bonchev–Trinajstić information content (AvgIpc) is 2.16. The molecule has 2 rings (SSSR count). The van der Waals surface area contributed by atoms with E-state index >= 15 is 0 Å². The Labute approximate surface area is 92.7 Å². The van der Waals surface area contributed by atoms with E-state index in [-0.39, 0.29) is 0 Å². The third-order valence-electron chi connectivity index (χ3n) is 3.49. The Balaban J connectivity index is 2.27.